The average Bonchev–Trinajstić information content (AvgIpc) is 3.29. The number of carbonyl (C=O) groups excluding carboxylic acids is 1. The van der Waals surface area contributed by atoms with Crippen molar-refractivity contribution in [2.75, 3.05) is 0 Å². The van der Waals surface area contributed by atoms with Crippen LogP contribution >= 0.6 is 0 Å². The highest BCUT2D eigenvalue weighted by Gasteiger charge is 2.11. The van der Waals surface area contributed by atoms with Crippen molar-refractivity contribution in [3.8, 4) is 0 Å². The number of hydrogen-bond donors (Lipinski definition) is 1. The molecule has 0 aliphatic heterocycles. The van der Waals surface area contributed by atoms with Crippen LogP contribution in [0.5, 0.6) is 0 Å². The van der Waals surface area contributed by atoms with Gasteiger partial charge in [-0.25, -0.2) is 9.97 Å². The molecule has 1 N–H and O–H groups in total. The summed E-state index contributed by atoms with van der Waals surface area (Å²) in [4.78, 5) is 44.9. The number of aromatic nitrogens is 4. The van der Waals surface area contributed by atoms with E-state index in [1.54, 1.807) is 36.7 Å². The maximum Gasteiger partial charge on any atom is 0.270 e. The number of nitroso groups, excluding NO2 is 1. The zero-order chi connectivity index (χ0) is 24.2. The molecular formula is C26H20N6O3. The molecule has 172 valence electrons. The Morgan fingerprint density at radius 2 is 1.80 bits per heavy atom. The highest BCUT2D eigenvalue weighted by atomic mass is 16.3. The van der Waals surface area contributed by atoms with Gasteiger partial charge in [0.05, 0.1) is 17.9 Å². The molecule has 0 spiro atoms. The predicted octanol–water partition coefficient (Wildman–Crippen LogP) is 3.62. The van der Waals surface area contributed by atoms with Crippen molar-refractivity contribution in [1.29, 1.82) is 0 Å². The average molecular weight is 464 g/mol. The Hall–Kier alpha value is -4.92. The number of allylic oxidation sites excluding steroid dienone is 1. The Bertz CT molecular complexity index is 1640. The number of carbonyl (C=O) groups is 1. The van der Waals surface area contributed by atoms with E-state index >= 15 is 0 Å². The predicted molar refractivity (Wildman–Crippen MR) is 132 cm³/mol. The molecule has 4 aromatic heterocycles. The molecule has 0 aliphatic rings. The number of fused-ring (bicyclic) bond motifs is 2. The molecule has 0 bridgehead atoms. The minimum Gasteiger partial charge on any atom is -0.345 e. The molecule has 1 amide bonds. The zero-order valence-corrected chi connectivity index (χ0v) is 18.5. The molecule has 0 saturated carbocycles. The highest BCUT2D eigenvalue weighted by molar-refractivity contribution is 5.92. The van der Waals surface area contributed by atoms with E-state index in [0.29, 0.717) is 29.1 Å². The van der Waals surface area contributed by atoms with E-state index in [1.807, 2.05) is 53.1 Å². The van der Waals surface area contributed by atoms with Gasteiger partial charge in [-0.05, 0) is 46.6 Å². The number of pyridine rings is 2. The molecule has 4 heterocycles. The molecule has 0 atom stereocenters. The third-order valence-electron chi connectivity index (χ3n) is 5.44. The second-order valence-corrected chi connectivity index (χ2v) is 7.94. The van der Waals surface area contributed by atoms with E-state index in [4.69, 9.17) is 0 Å². The van der Waals surface area contributed by atoms with Gasteiger partial charge in [0.2, 0.25) is 0 Å². The van der Waals surface area contributed by atoms with Gasteiger partial charge in [-0.15, -0.1) is 4.91 Å². The standard InChI is InChI=1S/C26H20N6O3/c33-25-14-22(29-24-8-4-5-11-32(24)25)26(34)27-15-21-17-31-16-19(9-10-23(31)28-21)13-20(30-35)12-18-6-2-1-3-7-18/h1-11,13-14,16-17H,12,15H2,(H,27,34)/b20-13-. The fourth-order valence-electron chi connectivity index (χ4n) is 3.77. The number of hydrogen-bond acceptors (Lipinski definition) is 6. The first-order valence-electron chi connectivity index (χ1n) is 10.9. The van der Waals surface area contributed by atoms with Gasteiger partial charge < -0.3 is 9.72 Å². The molecule has 0 fully saturated rings. The molecule has 5 rings (SSSR count). The molecule has 0 saturated heterocycles. The van der Waals surface area contributed by atoms with E-state index in [1.165, 1.54) is 10.5 Å². The molecule has 5 aromatic rings. The van der Waals surface area contributed by atoms with E-state index in [2.05, 4.69) is 20.5 Å². The highest BCUT2D eigenvalue weighted by Crippen LogP contribution is 2.15. The lowest BCUT2D eigenvalue weighted by molar-refractivity contribution is 0.0945. The van der Waals surface area contributed by atoms with Crippen molar-refractivity contribution >= 4 is 23.3 Å². The minimum absolute atomic E-state index is 0.0460. The second-order valence-electron chi connectivity index (χ2n) is 7.94. The summed E-state index contributed by atoms with van der Waals surface area (Å²) in [5.41, 5.74) is 3.67. The number of amides is 1. The van der Waals surface area contributed by atoms with Crippen molar-refractivity contribution in [2.24, 2.45) is 5.18 Å². The first-order chi connectivity index (χ1) is 17.1. The van der Waals surface area contributed by atoms with Crippen molar-refractivity contribution in [2.45, 2.75) is 13.0 Å². The number of rotatable bonds is 7. The summed E-state index contributed by atoms with van der Waals surface area (Å²) in [6.45, 7) is 0.163. The number of benzene rings is 1. The third-order valence-corrected chi connectivity index (χ3v) is 5.44. The largest absolute Gasteiger partial charge is 0.345 e. The van der Waals surface area contributed by atoms with Crippen LogP contribution < -0.4 is 10.9 Å². The smallest absolute Gasteiger partial charge is 0.270 e. The van der Waals surface area contributed by atoms with Crippen LogP contribution in [0.4, 0.5) is 0 Å². The maximum absolute atomic E-state index is 12.6. The summed E-state index contributed by atoms with van der Waals surface area (Å²) in [6.07, 6.45) is 7.42. The molecule has 9 nitrogen and oxygen atoms in total. The lowest BCUT2D eigenvalue weighted by Gasteiger charge is -2.04. The van der Waals surface area contributed by atoms with Gasteiger partial charge in [-0.2, -0.15) is 0 Å². The lowest BCUT2D eigenvalue weighted by Crippen LogP contribution is -2.27. The SMILES string of the molecule is O=N/C(=C\c1ccc2nc(CNC(=O)c3cc(=O)n4ccccc4n3)cn2c1)Cc1ccccc1. The topological polar surface area (TPSA) is 110 Å². The van der Waals surface area contributed by atoms with Crippen LogP contribution in [0.3, 0.4) is 0 Å². The van der Waals surface area contributed by atoms with E-state index in [-0.39, 0.29) is 17.8 Å². The van der Waals surface area contributed by atoms with Crippen LogP contribution in [0.25, 0.3) is 17.4 Å². The zero-order valence-electron chi connectivity index (χ0n) is 18.5. The van der Waals surface area contributed by atoms with Crippen LogP contribution in [-0.2, 0) is 13.0 Å². The minimum atomic E-state index is -0.461. The Morgan fingerprint density at radius 3 is 2.63 bits per heavy atom. The van der Waals surface area contributed by atoms with Gasteiger partial charge in [0.1, 0.15) is 17.0 Å². The molecule has 0 aliphatic carbocycles. The first kappa shape index (κ1) is 21.9. The number of nitrogens with one attached hydrogen (secondary N) is 1. The lowest BCUT2D eigenvalue weighted by atomic mass is 10.1. The fraction of sp³-hybridized carbons (Fsp3) is 0.0769. The van der Waals surface area contributed by atoms with Gasteiger partial charge in [-0.3, -0.25) is 14.0 Å². The summed E-state index contributed by atoms with van der Waals surface area (Å²) in [7, 11) is 0. The normalized spacial score (nSPS) is 11.6. The van der Waals surface area contributed by atoms with Gasteiger partial charge in [-0.1, -0.05) is 36.4 Å². The molecule has 0 unspecified atom stereocenters. The number of nitrogens with zero attached hydrogens (tertiary/aromatic N) is 5. The van der Waals surface area contributed by atoms with Gasteiger partial charge >= 0.3 is 0 Å². The second kappa shape index (κ2) is 9.52. The van der Waals surface area contributed by atoms with Crippen molar-refractivity contribution in [3.63, 3.8) is 0 Å². The van der Waals surface area contributed by atoms with Gasteiger partial charge in [0.25, 0.3) is 11.5 Å². The fourth-order valence-corrected chi connectivity index (χ4v) is 3.77. The van der Waals surface area contributed by atoms with E-state index in [9.17, 15) is 14.5 Å². The summed E-state index contributed by atoms with van der Waals surface area (Å²) in [5.74, 6) is -0.461. The summed E-state index contributed by atoms with van der Waals surface area (Å²) in [6, 6.07) is 19.7. The number of imidazole rings is 1. The summed E-state index contributed by atoms with van der Waals surface area (Å²) in [5, 5.41) is 5.93. The van der Waals surface area contributed by atoms with Crippen LogP contribution in [-0.4, -0.2) is 24.7 Å². The van der Waals surface area contributed by atoms with Crippen LogP contribution in [0, 0.1) is 4.91 Å². The Labute approximate surface area is 199 Å². The van der Waals surface area contributed by atoms with Gasteiger partial charge in [0.15, 0.2) is 0 Å². The Kier molecular flexibility index (Phi) is 5.96. The molecule has 1 aromatic carbocycles. The van der Waals surface area contributed by atoms with Crippen LogP contribution in [0.2, 0.25) is 0 Å². The van der Waals surface area contributed by atoms with Crippen LogP contribution in [0.1, 0.15) is 27.3 Å². The van der Waals surface area contributed by atoms with E-state index < -0.39 is 5.91 Å². The van der Waals surface area contributed by atoms with Crippen LogP contribution in [0.15, 0.2) is 101 Å². The molecular weight excluding hydrogens is 444 g/mol. The molecule has 35 heavy (non-hydrogen) atoms. The van der Waals surface area contributed by atoms with Gasteiger partial charge in [0, 0.05) is 31.1 Å². The quantitative estimate of drug-likeness (QED) is 0.370. The van der Waals surface area contributed by atoms with Crippen molar-refractivity contribution in [1.82, 2.24) is 24.1 Å². The Morgan fingerprint density at radius 1 is 0.971 bits per heavy atom. The van der Waals surface area contributed by atoms with Crippen molar-refractivity contribution in [3.05, 3.63) is 129 Å². The maximum atomic E-state index is 12.6. The van der Waals surface area contributed by atoms with E-state index in [0.717, 1.165) is 11.1 Å². The monoisotopic (exact) mass is 464 g/mol. The van der Waals surface area contributed by atoms with Crippen molar-refractivity contribution < 1.29 is 4.79 Å². The molecule has 9 heteroatoms. The summed E-state index contributed by atoms with van der Waals surface area (Å²) < 4.78 is 3.19. The Balaban J connectivity index is 1.31. The molecule has 0 radical (unpaired) electrons. The summed E-state index contributed by atoms with van der Waals surface area (Å²) >= 11 is 0. The third kappa shape index (κ3) is 4.88. The first-order valence-corrected chi connectivity index (χ1v) is 10.9.